The zero-order chi connectivity index (χ0) is 15.1. The van der Waals surface area contributed by atoms with Gasteiger partial charge in [0.2, 0.25) is 0 Å². The number of amides is 1. The molecule has 1 aromatic carbocycles. The molecule has 5 heteroatoms. The van der Waals surface area contributed by atoms with E-state index in [1.54, 1.807) is 6.92 Å². The smallest absolute Gasteiger partial charge is 0.263 e. The molecule has 21 heavy (non-hydrogen) atoms. The summed E-state index contributed by atoms with van der Waals surface area (Å²) in [6.07, 6.45) is 0.429. The fourth-order valence-corrected chi connectivity index (χ4v) is 2.26. The molecule has 116 valence electrons. The molecule has 1 aliphatic rings. The van der Waals surface area contributed by atoms with Gasteiger partial charge < -0.3 is 19.7 Å². The Balaban J connectivity index is 1.98. The van der Waals surface area contributed by atoms with Crippen molar-refractivity contribution in [3.8, 4) is 11.5 Å². The quantitative estimate of drug-likeness (QED) is 0.866. The summed E-state index contributed by atoms with van der Waals surface area (Å²) in [5.41, 5.74) is 0. The second-order valence-corrected chi connectivity index (χ2v) is 5.13. The van der Waals surface area contributed by atoms with Gasteiger partial charge in [-0.15, -0.1) is 0 Å². The maximum Gasteiger partial charge on any atom is 0.263 e. The molecule has 0 saturated carbocycles. The van der Waals surface area contributed by atoms with Crippen LogP contribution in [0, 0.1) is 0 Å². The highest BCUT2D eigenvalue weighted by molar-refractivity contribution is 5.81. The first kappa shape index (κ1) is 15.6. The van der Waals surface area contributed by atoms with Crippen molar-refractivity contribution >= 4 is 5.91 Å². The molecule has 0 bridgehead atoms. The highest BCUT2D eigenvalue weighted by Crippen LogP contribution is 2.27. The summed E-state index contributed by atoms with van der Waals surface area (Å²) in [5, 5.41) is 3.24. The first-order chi connectivity index (χ1) is 10.2. The lowest BCUT2D eigenvalue weighted by Gasteiger charge is -2.30. The van der Waals surface area contributed by atoms with Crippen LogP contribution in [-0.4, -0.2) is 49.7 Å². The van der Waals surface area contributed by atoms with Gasteiger partial charge in [0.05, 0.1) is 6.61 Å². The van der Waals surface area contributed by atoms with E-state index in [9.17, 15) is 4.79 Å². The van der Waals surface area contributed by atoms with Crippen molar-refractivity contribution in [2.24, 2.45) is 0 Å². The number of nitrogens with zero attached hydrogens (tertiary/aromatic N) is 1. The molecule has 1 aliphatic heterocycles. The van der Waals surface area contributed by atoms with Crippen LogP contribution in [0.3, 0.4) is 0 Å². The van der Waals surface area contributed by atoms with Crippen molar-refractivity contribution in [3.05, 3.63) is 24.3 Å². The lowest BCUT2D eigenvalue weighted by Crippen LogP contribution is -2.50. The van der Waals surface area contributed by atoms with Crippen molar-refractivity contribution in [2.45, 2.75) is 26.4 Å². The van der Waals surface area contributed by atoms with Crippen LogP contribution in [0.2, 0.25) is 0 Å². The number of carbonyl (C=O) groups excluding carboxylic acids is 1. The average molecular weight is 292 g/mol. The molecule has 0 radical (unpaired) electrons. The minimum Gasteiger partial charge on any atom is -0.490 e. The van der Waals surface area contributed by atoms with Gasteiger partial charge in [-0.1, -0.05) is 19.1 Å². The van der Waals surface area contributed by atoms with Crippen molar-refractivity contribution in [1.82, 2.24) is 10.2 Å². The third-order valence-corrected chi connectivity index (χ3v) is 3.39. The predicted octanol–water partition coefficient (Wildman–Crippen LogP) is 1.67. The standard InChI is InChI=1S/C16H24N2O3/c1-3-12-20-14-6-4-5-7-15(14)21-13(2)16(19)18-10-8-17-9-11-18/h4-7,13,17H,3,8-12H2,1-2H3. The molecule has 0 spiro atoms. The number of benzene rings is 1. The Labute approximate surface area is 126 Å². The first-order valence-corrected chi connectivity index (χ1v) is 7.60. The van der Waals surface area contributed by atoms with Crippen molar-refractivity contribution in [3.63, 3.8) is 0 Å². The minimum atomic E-state index is -0.505. The average Bonchev–Trinajstić information content (AvgIpc) is 2.54. The molecule has 1 aromatic rings. The fraction of sp³-hybridized carbons (Fsp3) is 0.562. The van der Waals surface area contributed by atoms with Gasteiger partial charge in [-0.25, -0.2) is 0 Å². The van der Waals surface area contributed by atoms with Crippen LogP contribution in [0.4, 0.5) is 0 Å². The van der Waals surface area contributed by atoms with Gasteiger partial charge in [-0.05, 0) is 25.5 Å². The maximum atomic E-state index is 12.4. The maximum absolute atomic E-state index is 12.4. The van der Waals surface area contributed by atoms with E-state index in [1.165, 1.54) is 0 Å². The summed E-state index contributed by atoms with van der Waals surface area (Å²) in [5.74, 6) is 1.35. The van der Waals surface area contributed by atoms with Crippen LogP contribution in [0.1, 0.15) is 20.3 Å². The number of nitrogens with one attached hydrogen (secondary N) is 1. The molecule has 0 aliphatic carbocycles. The summed E-state index contributed by atoms with van der Waals surface area (Å²) < 4.78 is 11.5. The normalized spacial score (nSPS) is 16.4. The van der Waals surface area contributed by atoms with E-state index in [4.69, 9.17) is 9.47 Å². The fourth-order valence-electron chi connectivity index (χ4n) is 2.26. The van der Waals surface area contributed by atoms with E-state index in [1.807, 2.05) is 29.2 Å². The molecule has 1 atom stereocenters. The number of ether oxygens (including phenoxy) is 2. The number of hydrogen-bond acceptors (Lipinski definition) is 4. The van der Waals surface area contributed by atoms with E-state index in [0.717, 1.165) is 32.6 Å². The number of carbonyl (C=O) groups is 1. The second kappa shape index (κ2) is 7.88. The third-order valence-electron chi connectivity index (χ3n) is 3.39. The molecule has 1 fully saturated rings. The van der Waals surface area contributed by atoms with Crippen LogP contribution in [0.15, 0.2) is 24.3 Å². The van der Waals surface area contributed by atoms with E-state index in [2.05, 4.69) is 12.2 Å². The highest BCUT2D eigenvalue weighted by Gasteiger charge is 2.24. The minimum absolute atomic E-state index is 0.0294. The van der Waals surface area contributed by atoms with Crippen LogP contribution in [0.5, 0.6) is 11.5 Å². The zero-order valence-electron chi connectivity index (χ0n) is 12.8. The van der Waals surface area contributed by atoms with E-state index in [-0.39, 0.29) is 5.91 Å². The Morgan fingerprint density at radius 3 is 2.62 bits per heavy atom. The molecule has 1 amide bonds. The largest absolute Gasteiger partial charge is 0.490 e. The second-order valence-electron chi connectivity index (χ2n) is 5.13. The highest BCUT2D eigenvalue weighted by atomic mass is 16.5. The lowest BCUT2D eigenvalue weighted by atomic mass is 10.2. The number of rotatable bonds is 6. The molecular weight excluding hydrogens is 268 g/mol. The van der Waals surface area contributed by atoms with Crippen molar-refractivity contribution in [2.75, 3.05) is 32.8 Å². The van der Waals surface area contributed by atoms with E-state index in [0.29, 0.717) is 18.1 Å². The van der Waals surface area contributed by atoms with E-state index < -0.39 is 6.10 Å². The summed E-state index contributed by atoms with van der Waals surface area (Å²) in [6, 6.07) is 7.50. The molecule has 5 nitrogen and oxygen atoms in total. The van der Waals surface area contributed by atoms with Gasteiger partial charge >= 0.3 is 0 Å². The summed E-state index contributed by atoms with van der Waals surface area (Å²) in [7, 11) is 0. The van der Waals surface area contributed by atoms with Crippen LogP contribution < -0.4 is 14.8 Å². The molecular formula is C16H24N2O3. The molecule has 1 heterocycles. The van der Waals surface area contributed by atoms with Crippen LogP contribution in [0.25, 0.3) is 0 Å². The Hall–Kier alpha value is -1.75. The molecule has 1 N–H and O–H groups in total. The molecule has 0 aromatic heterocycles. The van der Waals surface area contributed by atoms with Gasteiger partial charge in [0.1, 0.15) is 0 Å². The molecule has 1 saturated heterocycles. The molecule has 1 unspecified atom stereocenters. The van der Waals surface area contributed by atoms with Gasteiger partial charge in [-0.3, -0.25) is 4.79 Å². The summed E-state index contributed by atoms with van der Waals surface area (Å²) >= 11 is 0. The van der Waals surface area contributed by atoms with Crippen LogP contribution in [-0.2, 0) is 4.79 Å². The van der Waals surface area contributed by atoms with Crippen LogP contribution >= 0.6 is 0 Å². The lowest BCUT2D eigenvalue weighted by molar-refractivity contribution is -0.138. The topological polar surface area (TPSA) is 50.8 Å². The molecule has 2 rings (SSSR count). The Morgan fingerprint density at radius 1 is 1.29 bits per heavy atom. The van der Waals surface area contributed by atoms with Gasteiger partial charge in [0.15, 0.2) is 17.6 Å². The van der Waals surface area contributed by atoms with Gasteiger partial charge in [-0.2, -0.15) is 0 Å². The SMILES string of the molecule is CCCOc1ccccc1OC(C)C(=O)N1CCNCC1. The zero-order valence-corrected chi connectivity index (χ0v) is 12.8. The van der Waals surface area contributed by atoms with Crippen molar-refractivity contribution < 1.29 is 14.3 Å². The Kier molecular flexibility index (Phi) is 5.87. The van der Waals surface area contributed by atoms with Crippen molar-refractivity contribution in [1.29, 1.82) is 0 Å². The first-order valence-electron chi connectivity index (χ1n) is 7.60. The monoisotopic (exact) mass is 292 g/mol. The number of para-hydroxylation sites is 2. The van der Waals surface area contributed by atoms with Gasteiger partial charge in [0, 0.05) is 26.2 Å². The number of hydrogen-bond donors (Lipinski definition) is 1. The van der Waals surface area contributed by atoms with E-state index >= 15 is 0 Å². The third kappa shape index (κ3) is 4.36. The predicted molar refractivity (Wildman–Crippen MR) is 81.8 cm³/mol. The Morgan fingerprint density at radius 2 is 1.95 bits per heavy atom. The Bertz CT molecular complexity index is 459. The van der Waals surface area contributed by atoms with Gasteiger partial charge in [0.25, 0.3) is 5.91 Å². The number of piperazine rings is 1. The summed E-state index contributed by atoms with van der Waals surface area (Å²) in [4.78, 5) is 14.2. The summed E-state index contributed by atoms with van der Waals surface area (Å²) in [6.45, 7) is 7.64.